The number of carbonyl (C=O) groups is 1. The summed E-state index contributed by atoms with van der Waals surface area (Å²) in [6.45, 7) is 1.76. The summed E-state index contributed by atoms with van der Waals surface area (Å²) >= 11 is 0. The number of para-hydroxylation sites is 2. The molecule has 2 aromatic carbocycles. The lowest BCUT2D eigenvalue weighted by atomic mass is 10.1. The van der Waals surface area contributed by atoms with Gasteiger partial charge in [-0.2, -0.15) is 0 Å². The van der Waals surface area contributed by atoms with E-state index in [4.69, 9.17) is 0 Å². The first kappa shape index (κ1) is 14.0. The van der Waals surface area contributed by atoms with Crippen molar-refractivity contribution in [1.82, 2.24) is 14.9 Å². The van der Waals surface area contributed by atoms with Crippen LogP contribution in [-0.2, 0) is 0 Å². The minimum Gasteiger partial charge on any atom is -0.339 e. The van der Waals surface area contributed by atoms with Crippen LogP contribution >= 0.6 is 0 Å². The minimum absolute atomic E-state index is 0.140. The second-order valence-corrected chi connectivity index (χ2v) is 6.03. The molecule has 23 heavy (non-hydrogen) atoms. The predicted molar refractivity (Wildman–Crippen MR) is 91.3 cm³/mol. The number of nitrogens with zero attached hydrogens (tertiary/aromatic N) is 2. The van der Waals surface area contributed by atoms with Crippen molar-refractivity contribution in [2.24, 2.45) is 0 Å². The molecule has 4 nitrogen and oxygen atoms in total. The second kappa shape index (κ2) is 5.88. The molecule has 0 atom stereocenters. The van der Waals surface area contributed by atoms with Crippen molar-refractivity contribution in [3.8, 4) is 11.4 Å². The first-order valence-corrected chi connectivity index (χ1v) is 8.16. The number of amides is 1. The van der Waals surface area contributed by atoms with E-state index in [0.29, 0.717) is 0 Å². The SMILES string of the molecule is O=C(c1ccc(-c2nc3ccccc3[nH]2)cc1)N1CCCCC1. The molecular formula is C19H19N3O. The molecule has 4 heteroatoms. The van der Waals surface area contributed by atoms with Crippen molar-refractivity contribution in [1.29, 1.82) is 0 Å². The van der Waals surface area contributed by atoms with Gasteiger partial charge in [0.15, 0.2) is 0 Å². The topological polar surface area (TPSA) is 49.0 Å². The summed E-state index contributed by atoms with van der Waals surface area (Å²) in [6, 6.07) is 15.7. The maximum absolute atomic E-state index is 12.5. The summed E-state index contributed by atoms with van der Waals surface area (Å²) in [5, 5.41) is 0. The molecule has 0 unspecified atom stereocenters. The Kier molecular flexibility index (Phi) is 3.58. The van der Waals surface area contributed by atoms with Gasteiger partial charge in [-0.3, -0.25) is 4.79 Å². The van der Waals surface area contributed by atoms with Crippen molar-refractivity contribution in [3.05, 3.63) is 54.1 Å². The van der Waals surface area contributed by atoms with Crippen molar-refractivity contribution < 1.29 is 4.79 Å². The van der Waals surface area contributed by atoms with Gasteiger partial charge in [0.1, 0.15) is 5.82 Å². The molecule has 116 valence electrons. The summed E-state index contributed by atoms with van der Waals surface area (Å²) in [5.74, 6) is 0.976. The van der Waals surface area contributed by atoms with Gasteiger partial charge in [0.25, 0.3) is 5.91 Å². The highest BCUT2D eigenvalue weighted by Crippen LogP contribution is 2.21. The van der Waals surface area contributed by atoms with Crippen LogP contribution in [0.2, 0.25) is 0 Å². The van der Waals surface area contributed by atoms with E-state index in [0.717, 1.165) is 53.9 Å². The third-order valence-electron chi connectivity index (χ3n) is 4.44. The zero-order valence-corrected chi connectivity index (χ0v) is 13.0. The molecule has 4 rings (SSSR count). The molecule has 0 aliphatic carbocycles. The van der Waals surface area contributed by atoms with E-state index in [1.165, 1.54) is 6.42 Å². The lowest BCUT2D eigenvalue weighted by Gasteiger charge is -2.26. The third-order valence-corrected chi connectivity index (χ3v) is 4.44. The Morgan fingerprint density at radius 3 is 2.43 bits per heavy atom. The number of hydrogen-bond donors (Lipinski definition) is 1. The number of hydrogen-bond acceptors (Lipinski definition) is 2. The minimum atomic E-state index is 0.140. The van der Waals surface area contributed by atoms with Gasteiger partial charge < -0.3 is 9.88 Å². The van der Waals surface area contributed by atoms with Gasteiger partial charge in [-0.15, -0.1) is 0 Å². The van der Waals surface area contributed by atoms with Gasteiger partial charge in [0.05, 0.1) is 11.0 Å². The molecule has 0 bridgehead atoms. The summed E-state index contributed by atoms with van der Waals surface area (Å²) in [5.41, 5.74) is 3.73. The first-order valence-electron chi connectivity index (χ1n) is 8.16. The van der Waals surface area contributed by atoms with Gasteiger partial charge in [-0.1, -0.05) is 24.3 Å². The number of H-pyrrole nitrogens is 1. The summed E-state index contributed by atoms with van der Waals surface area (Å²) in [4.78, 5) is 22.4. The average Bonchev–Trinajstić information content (AvgIpc) is 3.06. The molecule has 1 N–H and O–H groups in total. The Hall–Kier alpha value is -2.62. The highest BCUT2D eigenvalue weighted by atomic mass is 16.2. The van der Waals surface area contributed by atoms with Crippen LogP contribution in [0.5, 0.6) is 0 Å². The molecule has 1 amide bonds. The van der Waals surface area contributed by atoms with E-state index in [1.54, 1.807) is 0 Å². The van der Waals surface area contributed by atoms with Crippen LogP contribution in [0.25, 0.3) is 22.4 Å². The van der Waals surface area contributed by atoms with Crippen LogP contribution in [0.4, 0.5) is 0 Å². The van der Waals surface area contributed by atoms with Gasteiger partial charge in [-0.05, 0) is 43.5 Å². The number of piperidine rings is 1. The first-order chi connectivity index (χ1) is 11.3. The van der Waals surface area contributed by atoms with E-state index >= 15 is 0 Å². The van der Waals surface area contributed by atoms with Gasteiger partial charge in [-0.25, -0.2) is 4.98 Å². The maximum Gasteiger partial charge on any atom is 0.253 e. The summed E-state index contributed by atoms with van der Waals surface area (Å²) in [6.07, 6.45) is 3.46. The Morgan fingerprint density at radius 1 is 0.957 bits per heavy atom. The number of fused-ring (bicyclic) bond motifs is 1. The lowest BCUT2D eigenvalue weighted by Crippen LogP contribution is -2.35. The fraction of sp³-hybridized carbons (Fsp3) is 0.263. The second-order valence-electron chi connectivity index (χ2n) is 6.03. The molecule has 0 spiro atoms. The highest BCUT2D eigenvalue weighted by Gasteiger charge is 2.18. The van der Waals surface area contributed by atoms with Crippen LogP contribution < -0.4 is 0 Å². The van der Waals surface area contributed by atoms with Crippen LogP contribution in [0, 0.1) is 0 Å². The number of aromatic amines is 1. The van der Waals surface area contributed by atoms with E-state index in [-0.39, 0.29) is 5.91 Å². The van der Waals surface area contributed by atoms with Gasteiger partial charge >= 0.3 is 0 Å². The Bertz CT molecular complexity index is 796. The Labute approximate surface area is 135 Å². The van der Waals surface area contributed by atoms with Crippen molar-refractivity contribution in [3.63, 3.8) is 0 Å². The Balaban J connectivity index is 1.58. The van der Waals surface area contributed by atoms with E-state index < -0.39 is 0 Å². The highest BCUT2D eigenvalue weighted by molar-refractivity contribution is 5.94. The number of imidazole rings is 1. The number of rotatable bonds is 2. The monoisotopic (exact) mass is 305 g/mol. The van der Waals surface area contributed by atoms with Crippen LogP contribution in [0.1, 0.15) is 29.6 Å². The fourth-order valence-corrected chi connectivity index (χ4v) is 3.14. The number of nitrogens with one attached hydrogen (secondary N) is 1. The molecule has 1 aromatic heterocycles. The number of aromatic nitrogens is 2. The summed E-state index contributed by atoms with van der Waals surface area (Å²) < 4.78 is 0. The standard InChI is InChI=1S/C19H19N3O/c23-19(22-12-4-1-5-13-22)15-10-8-14(9-11-15)18-20-16-6-2-3-7-17(16)21-18/h2-3,6-11H,1,4-5,12-13H2,(H,20,21). The van der Waals surface area contributed by atoms with E-state index in [1.807, 2.05) is 53.4 Å². The molecular weight excluding hydrogens is 286 g/mol. The van der Waals surface area contributed by atoms with E-state index in [9.17, 15) is 4.79 Å². The van der Waals surface area contributed by atoms with Gasteiger partial charge in [0.2, 0.25) is 0 Å². The van der Waals surface area contributed by atoms with Gasteiger partial charge in [0, 0.05) is 24.2 Å². The smallest absolute Gasteiger partial charge is 0.253 e. The van der Waals surface area contributed by atoms with Crippen molar-refractivity contribution in [2.75, 3.05) is 13.1 Å². The maximum atomic E-state index is 12.5. The van der Waals surface area contributed by atoms with Crippen LogP contribution in [0.15, 0.2) is 48.5 Å². The average molecular weight is 305 g/mol. The van der Waals surface area contributed by atoms with Crippen molar-refractivity contribution >= 4 is 16.9 Å². The Morgan fingerprint density at radius 2 is 1.70 bits per heavy atom. The zero-order valence-electron chi connectivity index (χ0n) is 13.0. The molecule has 1 saturated heterocycles. The quantitative estimate of drug-likeness (QED) is 0.781. The molecule has 2 heterocycles. The largest absolute Gasteiger partial charge is 0.339 e. The number of likely N-dealkylation sites (tertiary alicyclic amines) is 1. The number of benzene rings is 2. The molecule has 0 radical (unpaired) electrons. The van der Waals surface area contributed by atoms with E-state index in [2.05, 4.69) is 9.97 Å². The molecule has 1 aliphatic rings. The van der Waals surface area contributed by atoms with Crippen molar-refractivity contribution in [2.45, 2.75) is 19.3 Å². The third kappa shape index (κ3) is 2.72. The van der Waals surface area contributed by atoms with Crippen LogP contribution in [0.3, 0.4) is 0 Å². The summed E-state index contributed by atoms with van der Waals surface area (Å²) in [7, 11) is 0. The molecule has 1 fully saturated rings. The number of carbonyl (C=O) groups excluding carboxylic acids is 1. The molecule has 3 aromatic rings. The molecule has 0 saturated carbocycles. The van der Waals surface area contributed by atoms with Crippen LogP contribution in [-0.4, -0.2) is 33.9 Å². The predicted octanol–water partition coefficient (Wildman–Crippen LogP) is 3.86. The fourth-order valence-electron chi connectivity index (χ4n) is 3.14. The zero-order chi connectivity index (χ0) is 15.6. The molecule has 1 aliphatic heterocycles. The normalized spacial score (nSPS) is 15.0. The lowest BCUT2D eigenvalue weighted by molar-refractivity contribution is 0.0724.